The van der Waals surface area contributed by atoms with Crippen molar-refractivity contribution in [2.45, 2.75) is 70.3 Å². The van der Waals surface area contributed by atoms with Crippen LogP contribution in [0.25, 0.3) is 0 Å². The summed E-state index contributed by atoms with van der Waals surface area (Å²) in [7, 11) is 0. The summed E-state index contributed by atoms with van der Waals surface area (Å²) < 4.78 is 0. The maximum Gasteiger partial charge on any atom is 0.0556 e. The highest BCUT2D eigenvalue weighted by Gasteiger charge is 2.40. The zero-order chi connectivity index (χ0) is 14.2. The van der Waals surface area contributed by atoms with E-state index in [1.165, 1.54) is 69.1 Å². The minimum absolute atomic E-state index is 0.395. The number of nitrogens with one attached hydrogen (secondary N) is 1. The molecule has 116 valence electrons. The molecule has 2 bridgehead atoms. The zero-order valence-corrected chi connectivity index (χ0v) is 13.8. The fraction of sp³-hybridized carbons (Fsp3) is 0.778. The second kappa shape index (κ2) is 6.02. The van der Waals surface area contributed by atoms with Crippen molar-refractivity contribution in [1.29, 1.82) is 0 Å². The summed E-state index contributed by atoms with van der Waals surface area (Å²) in [6.07, 6.45) is 13.9. The molecule has 0 spiro atoms. The van der Waals surface area contributed by atoms with Gasteiger partial charge in [-0.1, -0.05) is 12.8 Å². The molecule has 2 nitrogen and oxygen atoms in total. The average Bonchev–Trinajstić information content (AvgIpc) is 3.17. The summed E-state index contributed by atoms with van der Waals surface area (Å²) in [4.78, 5) is 3.16. The van der Waals surface area contributed by atoms with Crippen molar-refractivity contribution in [2.24, 2.45) is 23.6 Å². The predicted octanol–water partition coefficient (Wildman–Crippen LogP) is 4.35. The molecular weight excluding hydrogens is 276 g/mol. The summed E-state index contributed by atoms with van der Waals surface area (Å²) >= 11 is 2.04. The first-order valence-corrected chi connectivity index (χ1v) is 9.72. The highest BCUT2D eigenvalue weighted by atomic mass is 32.1. The van der Waals surface area contributed by atoms with Gasteiger partial charge in [-0.05, 0) is 80.8 Å². The largest absolute Gasteiger partial charge is 0.271 e. The van der Waals surface area contributed by atoms with E-state index in [0.29, 0.717) is 6.04 Å². The maximum absolute atomic E-state index is 5.93. The maximum atomic E-state index is 5.93. The molecular formula is C18H28N2S. The van der Waals surface area contributed by atoms with Crippen molar-refractivity contribution < 1.29 is 0 Å². The summed E-state index contributed by atoms with van der Waals surface area (Å²) in [5, 5.41) is 0. The van der Waals surface area contributed by atoms with Crippen LogP contribution in [0.4, 0.5) is 0 Å². The van der Waals surface area contributed by atoms with Crippen LogP contribution in [-0.2, 0) is 12.8 Å². The summed E-state index contributed by atoms with van der Waals surface area (Å²) in [5.41, 5.74) is 4.77. The van der Waals surface area contributed by atoms with Crippen LogP contribution in [-0.4, -0.2) is 0 Å². The second-order valence-corrected chi connectivity index (χ2v) is 8.72. The monoisotopic (exact) mass is 304 g/mol. The van der Waals surface area contributed by atoms with E-state index in [9.17, 15) is 0 Å². The Morgan fingerprint density at radius 3 is 2.86 bits per heavy atom. The zero-order valence-electron chi connectivity index (χ0n) is 12.9. The normalized spacial score (nSPS) is 32.9. The van der Waals surface area contributed by atoms with E-state index in [2.05, 4.69) is 11.5 Å². The van der Waals surface area contributed by atoms with Gasteiger partial charge < -0.3 is 0 Å². The van der Waals surface area contributed by atoms with Crippen molar-refractivity contribution >= 4 is 11.3 Å². The molecule has 1 heterocycles. The van der Waals surface area contributed by atoms with Crippen molar-refractivity contribution in [3.05, 3.63) is 21.4 Å². The minimum atomic E-state index is 0.395. The fourth-order valence-corrected chi connectivity index (χ4v) is 6.43. The van der Waals surface area contributed by atoms with Crippen LogP contribution in [0.1, 0.15) is 72.7 Å². The van der Waals surface area contributed by atoms with E-state index in [4.69, 9.17) is 5.84 Å². The molecule has 3 aliphatic carbocycles. The van der Waals surface area contributed by atoms with Gasteiger partial charge in [0.1, 0.15) is 0 Å². The van der Waals surface area contributed by atoms with E-state index in [-0.39, 0.29) is 0 Å². The third-order valence-corrected chi connectivity index (χ3v) is 7.58. The number of hydrogen-bond acceptors (Lipinski definition) is 3. The van der Waals surface area contributed by atoms with Gasteiger partial charge in [0.05, 0.1) is 6.04 Å². The lowest BCUT2D eigenvalue weighted by Crippen LogP contribution is -2.30. The van der Waals surface area contributed by atoms with Gasteiger partial charge in [0.2, 0.25) is 0 Å². The highest BCUT2D eigenvalue weighted by molar-refractivity contribution is 7.12. The Morgan fingerprint density at radius 1 is 1.19 bits per heavy atom. The molecule has 1 aromatic rings. The van der Waals surface area contributed by atoms with Crippen LogP contribution in [0.5, 0.6) is 0 Å². The van der Waals surface area contributed by atoms with E-state index in [1.54, 1.807) is 10.4 Å². The molecule has 0 saturated heterocycles. The van der Waals surface area contributed by atoms with Crippen LogP contribution in [0.3, 0.4) is 0 Å². The number of hydrazine groups is 1. The molecule has 4 unspecified atom stereocenters. The molecule has 3 N–H and O–H groups in total. The van der Waals surface area contributed by atoms with Gasteiger partial charge in [-0.2, -0.15) is 0 Å². The minimum Gasteiger partial charge on any atom is -0.271 e. The van der Waals surface area contributed by atoms with E-state index >= 15 is 0 Å². The average molecular weight is 305 g/mol. The number of rotatable bonds is 4. The smallest absolute Gasteiger partial charge is 0.0556 e. The van der Waals surface area contributed by atoms with Crippen LogP contribution in [0, 0.1) is 17.8 Å². The first-order chi connectivity index (χ1) is 10.3. The lowest BCUT2D eigenvalue weighted by molar-refractivity contribution is 0.281. The molecule has 1 aromatic heterocycles. The van der Waals surface area contributed by atoms with Crippen molar-refractivity contribution in [1.82, 2.24) is 5.43 Å². The van der Waals surface area contributed by atoms with Gasteiger partial charge in [0.15, 0.2) is 0 Å². The molecule has 2 saturated carbocycles. The van der Waals surface area contributed by atoms with Crippen LogP contribution in [0.2, 0.25) is 0 Å². The van der Waals surface area contributed by atoms with Gasteiger partial charge in [0.25, 0.3) is 0 Å². The molecule has 3 aliphatic rings. The molecule has 4 rings (SSSR count). The van der Waals surface area contributed by atoms with Gasteiger partial charge in [-0.3, -0.25) is 11.3 Å². The van der Waals surface area contributed by atoms with Gasteiger partial charge in [-0.15, -0.1) is 11.3 Å². The topological polar surface area (TPSA) is 38.0 Å². The van der Waals surface area contributed by atoms with E-state index < -0.39 is 0 Å². The Kier molecular flexibility index (Phi) is 4.08. The molecule has 0 aromatic carbocycles. The fourth-order valence-electron chi connectivity index (χ4n) is 5.10. The number of aryl methyl sites for hydroxylation is 2. The Bertz CT molecular complexity index is 472. The predicted molar refractivity (Wildman–Crippen MR) is 89.2 cm³/mol. The summed E-state index contributed by atoms with van der Waals surface area (Å²) in [6.45, 7) is 0. The molecule has 4 atom stereocenters. The number of fused-ring (bicyclic) bond motifs is 3. The standard InChI is InChI=1S/C18H28N2S/c19-20-16(10-15-9-12-6-7-13(15)8-12)18-11-14-4-2-1-3-5-17(14)21-18/h11-13,15-16,20H,1-10,19H2. The number of hydrogen-bond donors (Lipinski definition) is 2. The molecule has 0 radical (unpaired) electrons. The van der Waals surface area contributed by atoms with Gasteiger partial charge in [-0.25, -0.2) is 0 Å². The van der Waals surface area contributed by atoms with Crippen LogP contribution >= 0.6 is 11.3 Å². The molecule has 0 amide bonds. The van der Waals surface area contributed by atoms with Crippen molar-refractivity contribution in [3.63, 3.8) is 0 Å². The van der Waals surface area contributed by atoms with E-state index in [0.717, 1.165) is 17.8 Å². The van der Waals surface area contributed by atoms with Crippen LogP contribution in [0.15, 0.2) is 6.07 Å². The first kappa shape index (κ1) is 14.2. The Morgan fingerprint density at radius 2 is 2.10 bits per heavy atom. The molecule has 0 aliphatic heterocycles. The quantitative estimate of drug-likeness (QED) is 0.493. The third-order valence-electron chi connectivity index (χ3n) is 6.23. The highest BCUT2D eigenvalue weighted by Crippen LogP contribution is 2.51. The molecule has 3 heteroatoms. The van der Waals surface area contributed by atoms with Crippen molar-refractivity contribution in [3.8, 4) is 0 Å². The van der Waals surface area contributed by atoms with Crippen molar-refractivity contribution in [2.75, 3.05) is 0 Å². The number of thiophene rings is 1. The Hall–Kier alpha value is -0.380. The summed E-state index contributed by atoms with van der Waals surface area (Å²) in [5.74, 6) is 8.89. The number of nitrogens with two attached hydrogens (primary N) is 1. The van der Waals surface area contributed by atoms with Gasteiger partial charge >= 0.3 is 0 Å². The Labute approximate surface area is 132 Å². The lowest BCUT2D eigenvalue weighted by Gasteiger charge is -2.25. The first-order valence-electron chi connectivity index (χ1n) is 8.91. The SMILES string of the molecule is NNC(CC1CC2CCC1C2)c1cc2c(s1)CCCCC2. The second-order valence-electron chi connectivity index (χ2n) is 7.55. The van der Waals surface area contributed by atoms with Crippen LogP contribution < -0.4 is 11.3 Å². The third kappa shape index (κ3) is 2.80. The van der Waals surface area contributed by atoms with E-state index in [1.807, 2.05) is 11.3 Å². The lowest BCUT2D eigenvalue weighted by atomic mass is 9.84. The Balaban J connectivity index is 1.48. The summed E-state index contributed by atoms with van der Waals surface area (Å²) in [6, 6.07) is 2.87. The van der Waals surface area contributed by atoms with Gasteiger partial charge in [0, 0.05) is 9.75 Å². The molecule has 21 heavy (non-hydrogen) atoms. The molecule has 2 fully saturated rings.